The summed E-state index contributed by atoms with van der Waals surface area (Å²) in [4.78, 5) is 2.91. The predicted molar refractivity (Wildman–Crippen MR) is 61.7 cm³/mol. The lowest BCUT2D eigenvalue weighted by Crippen LogP contribution is -2.37. The van der Waals surface area contributed by atoms with E-state index in [-0.39, 0.29) is 0 Å². The van der Waals surface area contributed by atoms with Crippen LogP contribution in [0.15, 0.2) is 12.1 Å². The molecule has 2 heterocycles. The maximum absolute atomic E-state index is 3.64. The van der Waals surface area contributed by atoms with Gasteiger partial charge in [0.1, 0.15) is 0 Å². The number of thioether (sulfide) groups is 1. The minimum atomic E-state index is 0.590. The molecule has 13 heavy (non-hydrogen) atoms. The summed E-state index contributed by atoms with van der Waals surface area (Å²) in [6.45, 7) is 4.44. The molecule has 0 spiro atoms. The van der Waals surface area contributed by atoms with Crippen molar-refractivity contribution in [2.75, 3.05) is 11.5 Å². The van der Waals surface area contributed by atoms with E-state index >= 15 is 0 Å². The summed E-state index contributed by atoms with van der Waals surface area (Å²) in [7, 11) is 0. The first-order chi connectivity index (χ1) is 6.25. The fraction of sp³-hybridized carbons (Fsp3) is 0.600. The molecule has 1 aliphatic rings. The number of hydrogen-bond acceptors (Lipinski definition) is 3. The van der Waals surface area contributed by atoms with Crippen molar-refractivity contribution in [1.82, 2.24) is 5.32 Å². The minimum Gasteiger partial charge on any atom is -0.305 e. The molecule has 2 unspecified atom stereocenters. The third-order valence-corrected chi connectivity index (χ3v) is 4.66. The van der Waals surface area contributed by atoms with Crippen molar-refractivity contribution in [2.24, 2.45) is 0 Å². The van der Waals surface area contributed by atoms with E-state index in [1.54, 1.807) is 0 Å². The Labute approximate surface area is 87.9 Å². The fourth-order valence-electron chi connectivity index (χ4n) is 1.61. The highest BCUT2D eigenvalue weighted by atomic mass is 32.2. The van der Waals surface area contributed by atoms with Crippen molar-refractivity contribution in [3.05, 3.63) is 21.9 Å². The van der Waals surface area contributed by atoms with Gasteiger partial charge in [0.25, 0.3) is 0 Å². The second-order valence-corrected chi connectivity index (χ2v) is 6.00. The number of aryl methyl sites for hydroxylation is 1. The Bertz CT molecular complexity index is 282. The van der Waals surface area contributed by atoms with Crippen molar-refractivity contribution in [3.8, 4) is 0 Å². The smallest absolute Gasteiger partial charge is 0.0509 e. The zero-order valence-electron chi connectivity index (χ0n) is 8.04. The van der Waals surface area contributed by atoms with Crippen LogP contribution >= 0.6 is 23.1 Å². The predicted octanol–water partition coefficient (Wildman–Crippen LogP) is 2.82. The third kappa shape index (κ3) is 2.27. The Morgan fingerprint density at radius 1 is 1.38 bits per heavy atom. The maximum Gasteiger partial charge on any atom is 0.0509 e. The van der Waals surface area contributed by atoms with Gasteiger partial charge in [0.2, 0.25) is 0 Å². The van der Waals surface area contributed by atoms with Crippen LogP contribution in [0.5, 0.6) is 0 Å². The van der Waals surface area contributed by atoms with Gasteiger partial charge in [-0.3, -0.25) is 0 Å². The number of nitrogens with one attached hydrogen (secondary N) is 1. The summed E-state index contributed by atoms with van der Waals surface area (Å²) >= 11 is 3.98. The average Bonchev–Trinajstić information content (AvgIpc) is 2.52. The highest BCUT2D eigenvalue weighted by molar-refractivity contribution is 7.99. The van der Waals surface area contributed by atoms with Crippen molar-refractivity contribution in [3.63, 3.8) is 0 Å². The van der Waals surface area contributed by atoms with Crippen LogP contribution in [0, 0.1) is 6.92 Å². The molecular formula is C10H15NS2. The summed E-state index contributed by atoms with van der Waals surface area (Å²) in [5.41, 5.74) is 0. The summed E-state index contributed by atoms with van der Waals surface area (Å²) in [6, 6.07) is 5.72. The van der Waals surface area contributed by atoms with Crippen molar-refractivity contribution >= 4 is 23.1 Å². The van der Waals surface area contributed by atoms with Gasteiger partial charge in [-0.25, -0.2) is 0 Å². The van der Waals surface area contributed by atoms with Crippen LogP contribution in [-0.2, 0) is 0 Å². The van der Waals surface area contributed by atoms with Gasteiger partial charge in [0, 0.05) is 27.3 Å². The average molecular weight is 213 g/mol. The van der Waals surface area contributed by atoms with Gasteiger partial charge in [-0.05, 0) is 26.0 Å². The molecule has 0 amide bonds. The van der Waals surface area contributed by atoms with E-state index in [1.165, 1.54) is 21.3 Å². The van der Waals surface area contributed by atoms with Gasteiger partial charge in [0.15, 0.2) is 0 Å². The fourth-order valence-corrected chi connectivity index (χ4v) is 3.75. The summed E-state index contributed by atoms with van der Waals surface area (Å²) < 4.78 is 0. The van der Waals surface area contributed by atoms with Gasteiger partial charge in [0.05, 0.1) is 6.04 Å². The van der Waals surface area contributed by atoms with Crippen LogP contribution in [0.25, 0.3) is 0 Å². The molecule has 2 rings (SSSR count). The molecule has 72 valence electrons. The molecule has 0 bridgehead atoms. The number of hydrogen-bond donors (Lipinski definition) is 1. The molecule has 0 radical (unpaired) electrons. The van der Waals surface area contributed by atoms with E-state index in [2.05, 4.69) is 43.1 Å². The summed E-state index contributed by atoms with van der Waals surface area (Å²) in [5, 5.41) is 3.64. The Morgan fingerprint density at radius 2 is 2.23 bits per heavy atom. The van der Waals surface area contributed by atoms with Crippen LogP contribution in [0.4, 0.5) is 0 Å². The minimum absolute atomic E-state index is 0.590. The van der Waals surface area contributed by atoms with E-state index in [1.807, 2.05) is 11.3 Å². The SMILES string of the molecule is Cc1ccc(C2CSCC(C)N2)s1. The molecule has 1 fully saturated rings. The molecule has 1 aromatic rings. The van der Waals surface area contributed by atoms with Crippen molar-refractivity contribution < 1.29 is 0 Å². The van der Waals surface area contributed by atoms with Gasteiger partial charge in [-0.1, -0.05) is 0 Å². The largest absolute Gasteiger partial charge is 0.305 e. The Hall–Kier alpha value is 0.01000. The molecule has 1 aromatic heterocycles. The number of thiophene rings is 1. The van der Waals surface area contributed by atoms with Crippen LogP contribution in [0.3, 0.4) is 0 Å². The van der Waals surface area contributed by atoms with E-state index in [9.17, 15) is 0 Å². The first-order valence-corrected chi connectivity index (χ1v) is 6.63. The Balaban J connectivity index is 2.08. The molecule has 1 N–H and O–H groups in total. The monoisotopic (exact) mass is 213 g/mol. The molecule has 1 saturated heterocycles. The zero-order valence-corrected chi connectivity index (χ0v) is 9.67. The summed E-state index contributed by atoms with van der Waals surface area (Å²) in [6.07, 6.45) is 0. The molecular weight excluding hydrogens is 198 g/mol. The highest BCUT2D eigenvalue weighted by Gasteiger charge is 2.20. The zero-order chi connectivity index (χ0) is 9.26. The number of rotatable bonds is 1. The maximum atomic E-state index is 3.64. The van der Waals surface area contributed by atoms with Crippen LogP contribution < -0.4 is 5.32 Å². The lowest BCUT2D eigenvalue weighted by Gasteiger charge is -2.27. The van der Waals surface area contributed by atoms with E-state index in [4.69, 9.17) is 0 Å². The molecule has 0 aliphatic carbocycles. The van der Waals surface area contributed by atoms with Crippen molar-refractivity contribution in [2.45, 2.75) is 25.9 Å². The van der Waals surface area contributed by atoms with E-state index in [0.29, 0.717) is 12.1 Å². The highest BCUT2D eigenvalue weighted by Crippen LogP contribution is 2.29. The Morgan fingerprint density at radius 3 is 2.85 bits per heavy atom. The molecule has 0 aromatic carbocycles. The Kier molecular flexibility index (Phi) is 2.96. The quantitative estimate of drug-likeness (QED) is 0.770. The molecule has 2 atom stereocenters. The molecule has 0 saturated carbocycles. The first kappa shape index (κ1) is 9.56. The van der Waals surface area contributed by atoms with Gasteiger partial charge in [-0.15, -0.1) is 11.3 Å². The van der Waals surface area contributed by atoms with E-state index < -0.39 is 0 Å². The molecule has 1 nitrogen and oxygen atoms in total. The van der Waals surface area contributed by atoms with Gasteiger partial charge >= 0.3 is 0 Å². The third-order valence-electron chi connectivity index (χ3n) is 2.24. The standard InChI is InChI=1S/C10H15NS2/c1-7-5-12-6-9(11-7)10-4-3-8(2)13-10/h3-4,7,9,11H,5-6H2,1-2H3. The summed E-state index contributed by atoms with van der Waals surface area (Å²) in [5.74, 6) is 2.48. The van der Waals surface area contributed by atoms with E-state index in [0.717, 1.165) is 0 Å². The van der Waals surface area contributed by atoms with Crippen LogP contribution in [-0.4, -0.2) is 17.5 Å². The first-order valence-electron chi connectivity index (χ1n) is 4.66. The lowest BCUT2D eigenvalue weighted by molar-refractivity contribution is 0.508. The normalized spacial score (nSPS) is 29.1. The molecule has 3 heteroatoms. The van der Waals surface area contributed by atoms with Gasteiger partial charge in [-0.2, -0.15) is 11.8 Å². The van der Waals surface area contributed by atoms with Crippen LogP contribution in [0.1, 0.15) is 22.7 Å². The van der Waals surface area contributed by atoms with Gasteiger partial charge < -0.3 is 5.32 Å². The van der Waals surface area contributed by atoms with Crippen molar-refractivity contribution in [1.29, 1.82) is 0 Å². The lowest BCUT2D eigenvalue weighted by atomic mass is 10.2. The van der Waals surface area contributed by atoms with Crippen LogP contribution in [0.2, 0.25) is 0 Å². The second kappa shape index (κ2) is 4.03. The second-order valence-electron chi connectivity index (χ2n) is 3.61. The topological polar surface area (TPSA) is 12.0 Å². The molecule has 1 aliphatic heterocycles.